The summed E-state index contributed by atoms with van der Waals surface area (Å²) >= 11 is 0. The van der Waals surface area contributed by atoms with Crippen molar-refractivity contribution < 1.29 is 43.3 Å². The van der Waals surface area contributed by atoms with Crippen molar-refractivity contribution in [3.63, 3.8) is 0 Å². The molecule has 11 heteroatoms. The lowest BCUT2D eigenvalue weighted by atomic mass is 9.95. The number of likely N-dealkylation sites (N-methyl/N-ethyl adjacent to an activating group) is 1. The molecule has 0 aliphatic heterocycles. The highest BCUT2D eigenvalue weighted by atomic mass is 16.6. The van der Waals surface area contributed by atoms with Crippen LogP contribution in [0.5, 0.6) is 0 Å². The second kappa shape index (κ2) is 15.7. The number of esters is 2. The minimum atomic E-state index is -1.80. The molecular weight excluding hydrogens is 544 g/mol. The number of benzene rings is 1. The van der Waals surface area contributed by atoms with Gasteiger partial charge in [0.2, 0.25) is 12.0 Å². The van der Waals surface area contributed by atoms with E-state index < -0.39 is 71.6 Å². The molecule has 0 fully saturated rings. The van der Waals surface area contributed by atoms with Gasteiger partial charge in [-0.2, -0.15) is 0 Å². The summed E-state index contributed by atoms with van der Waals surface area (Å²) in [5.41, 5.74) is -2.24. The lowest BCUT2D eigenvalue weighted by Gasteiger charge is -2.37. The van der Waals surface area contributed by atoms with Gasteiger partial charge in [-0.15, -0.1) is 0 Å². The zero-order chi connectivity index (χ0) is 32.4. The summed E-state index contributed by atoms with van der Waals surface area (Å²) in [6.07, 6.45) is -1.54. The van der Waals surface area contributed by atoms with Gasteiger partial charge in [0.1, 0.15) is 11.6 Å². The monoisotopic (exact) mass is 592 g/mol. The molecule has 0 heterocycles. The molecular formula is C31H48N2O9. The molecule has 0 saturated carbocycles. The number of nitrogens with zero attached hydrogens (tertiary/aromatic N) is 1. The molecule has 2 amide bonds. The molecule has 1 aromatic rings. The molecule has 0 saturated heterocycles. The Bertz CT molecular complexity index is 1070. The lowest BCUT2D eigenvalue weighted by Crippen LogP contribution is -2.60. The molecule has 0 aliphatic rings. The zero-order valence-electron chi connectivity index (χ0n) is 26.6. The zero-order valence-corrected chi connectivity index (χ0v) is 26.6. The number of rotatable bonds is 14. The number of carbonyl (C=O) groups excluding carboxylic acids is 5. The van der Waals surface area contributed by atoms with Crippen LogP contribution in [0.25, 0.3) is 0 Å². The Labute approximate surface area is 249 Å². The number of carbonyl (C=O) groups is 5. The van der Waals surface area contributed by atoms with E-state index in [1.165, 1.54) is 20.9 Å². The van der Waals surface area contributed by atoms with E-state index in [0.717, 1.165) is 4.90 Å². The van der Waals surface area contributed by atoms with E-state index in [4.69, 9.17) is 14.2 Å². The third-order valence-electron chi connectivity index (χ3n) is 6.40. The largest absolute Gasteiger partial charge is 0.455 e. The number of amides is 2. The Morgan fingerprint density at radius 1 is 0.952 bits per heavy atom. The van der Waals surface area contributed by atoms with Crippen LogP contribution in [0.1, 0.15) is 85.5 Å². The maximum Gasteiger partial charge on any atom is 0.408 e. The van der Waals surface area contributed by atoms with E-state index in [0.29, 0.717) is 12.0 Å². The van der Waals surface area contributed by atoms with Crippen molar-refractivity contribution in [3.8, 4) is 0 Å². The number of ketones is 1. The third kappa shape index (κ3) is 11.8. The van der Waals surface area contributed by atoms with Crippen molar-refractivity contribution in [3.05, 3.63) is 35.9 Å². The summed E-state index contributed by atoms with van der Waals surface area (Å²) in [4.78, 5) is 66.0. The Kier molecular flexibility index (Phi) is 13.6. The van der Waals surface area contributed by atoms with E-state index in [1.807, 2.05) is 13.8 Å². The van der Waals surface area contributed by atoms with Crippen molar-refractivity contribution in [2.45, 2.75) is 105 Å². The van der Waals surface area contributed by atoms with Gasteiger partial charge < -0.3 is 29.5 Å². The van der Waals surface area contributed by atoms with Gasteiger partial charge in [0.15, 0.2) is 18.4 Å². The average Bonchev–Trinajstić information content (AvgIpc) is 2.87. The highest BCUT2D eigenvalue weighted by molar-refractivity contribution is 5.98. The van der Waals surface area contributed by atoms with Gasteiger partial charge >= 0.3 is 18.0 Å². The predicted octanol–water partition coefficient (Wildman–Crippen LogP) is 3.91. The Balaban J connectivity index is 3.18. The molecule has 4 atom stereocenters. The molecule has 0 spiro atoms. The molecule has 42 heavy (non-hydrogen) atoms. The van der Waals surface area contributed by atoms with Gasteiger partial charge in [-0.1, -0.05) is 58.0 Å². The molecule has 1 rings (SSSR count). The number of nitrogens with one attached hydrogen (secondary N) is 1. The van der Waals surface area contributed by atoms with Crippen LogP contribution in [0.3, 0.4) is 0 Å². The van der Waals surface area contributed by atoms with E-state index in [1.54, 1.807) is 65.0 Å². The Hall–Kier alpha value is -3.47. The molecule has 0 aliphatic carbocycles. The second-order valence-corrected chi connectivity index (χ2v) is 12.5. The van der Waals surface area contributed by atoms with Crippen molar-refractivity contribution in [1.29, 1.82) is 0 Å². The summed E-state index contributed by atoms with van der Waals surface area (Å²) in [5, 5.41) is 13.5. The quantitative estimate of drug-likeness (QED) is 0.186. The summed E-state index contributed by atoms with van der Waals surface area (Å²) in [6, 6.07) is 5.68. The van der Waals surface area contributed by atoms with Gasteiger partial charge in [0, 0.05) is 18.5 Å². The number of alkyl carbamates (subject to hydrolysis) is 1. The third-order valence-corrected chi connectivity index (χ3v) is 6.40. The molecule has 0 radical (unpaired) electrons. The number of hydrogen-bond acceptors (Lipinski definition) is 9. The highest BCUT2D eigenvalue weighted by Crippen LogP contribution is 2.22. The summed E-state index contributed by atoms with van der Waals surface area (Å²) < 4.78 is 16.1. The average molecular weight is 593 g/mol. The summed E-state index contributed by atoms with van der Waals surface area (Å²) in [7, 11) is 1.31. The van der Waals surface area contributed by atoms with Crippen molar-refractivity contribution in [2.75, 3.05) is 13.7 Å². The second-order valence-electron chi connectivity index (χ2n) is 12.5. The van der Waals surface area contributed by atoms with E-state index in [9.17, 15) is 29.1 Å². The maximum absolute atomic E-state index is 13.6. The van der Waals surface area contributed by atoms with Crippen LogP contribution in [0.2, 0.25) is 0 Å². The van der Waals surface area contributed by atoms with Crippen LogP contribution in [0, 0.1) is 11.8 Å². The Morgan fingerprint density at radius 2 is 1.52 bits per heavy atom. The topological polar surface area (TPSA) is 149 Å². The fourth-order valence-electron chi connectivity index (χ4n) is 4.16. The SMILES string of the molecule is CC[C@@H](C)[C@@H](OC(=O)[C@@H](N(C)C(=O)[C@H](CC(C)C)NC(=O)OC(C)(C)C)C(C)(C)O)C(=O)OCC(=O)c1ccccc1. The van der Waals surface area contributed by atoms with E-state index in [2.05, 4.69) is 5.32 Å². The van der Waals surface area contributed by atoms with Gasteiger partial charge in [0.05, 0.1) is 5.60 Å². The first-order chi connectivity index (χ1) is 19.3. The predicted molar refractivity (Wildman–Crippen MR) is 157 cm³/mol. The summed E-state index contributed by atoms with van der Waals surface area (Å²) in [6.45, 7) is 14.4. The van der Waals surface area contributed by atoms with E-state index in [-0.39, 0.29) is 12.3 Å². The normalized spacial score (nSPS) is 14.7. The smallest absolute Gasteiger partial charge is 0.408 e. The van der Waals surface area contributed by atoms with Gasteiger partial charge in [-0.3, -0.25) is 9.59 Å². The van der Waals surface area contributed by atoms with Gasteiger partial charge in [0.25, 0.3) is 0 Å². The van der Waals surface area contributed by atoms with Gasteiger partial charge in [-0.05, 0) is 53.4 Å². The van der Waals surface area contributed by atoms with Crippen LogP contribution in [0.4, 0.5) is 4.79 Å². The van der Waals surface area contributed by atoms with Crippen LogP contribution in [-0.2, 0) is 28.6 Å². The minimum Gasteiger partial charge on any atom is -0.455 e. The van der Waals surface area contributed by atoms with Crippen molar-refractivity contribution in [1.82, 2.24) is 10.2 Å². The molecule has 11 nitrogen and oxygen atoms in total. The van der Waals surface area contributed by atoms with Crippen LogP contribution >= 0.6 is 0 Å². The number of ether oxygens (including phenoxy) is 3. The number of Topliss-reactive ketones (excluding diaryl/α,β-unsaturated/α-hetero) is 1. The van der Waals surface area contributed by atoms with Gasteiger partial charge in [-0.25, -0.2) is 14.4 Å². The Morgan fingerprint density at radius 3 is 2.00 bits per heavy atom. The van der Waals surface area contributed by atoms with Crippen molar-refractivity contribution in [2.24, 2.45) is 11.8 Å². The number of aliphatic hydroxyl groups is 1. The van der Waals surface area contributed by atoms with Crippen LogP contribution in [0.15, 0.2) is 30.3 Å². The highest BCUT2D eigenvalue weighted by Gasteiger charge is 2.44. The fraction of sp³-hybridized carbons (Fsp3) is 0.645. The fourth-order valence-corrected chi connectivity index (χ4v) is 4.16. The molecule has 0 unspecified atom stereocenters. The van der Waals surface area contributed by atoms with Crippen molar-refractivity contribution >= 4 is 29.7 Å². The summed E-state index contributed by atoms with van der Waals surface area (Å²) in [5.74, 6) is -3.57. The minimum absolute atomic E-state index is 0.0158. The van der Waals surface area contributed by atoms with Crippen LogP contribution < -0.4 is 5.32 Å². The standard InChI is InChI=1S/C31H48N2O9/c1-11-20(4)24(27(36)40-18-23(34)21-15-13-12-14-16-21)41-28(37)25(31(8,9)39)33(10)26(35)22(17-19(2)3)32-29(38)42-30(5,6)7/h12-16,19-20,22,24-25,39H,11,17-18H2,1-10H3,(H,32,38)/t20-,22+,24-,25-/m1/s1. The molecule has 1 aromatic carbocycles. The molecule has 0 bridgehead atoms. The number of hydrogen-bond donors (Lipinski definition) is 2. The maximum atomic E-state index is 13.6. The van der Waals surface area contributed by atoms with Crippen LogP contribution in [-0.4, -0.2) is 82.8 Å². The first-order valence-corrected chi connectivity index (χ1v) is 14.2. The molecule has 0 aromatic heterocycles. The first-order valence-electron chi connectivity index (χ1n) is 14.2. The molecule has 2 N–H and O–H groups in total. The molecule has 236 valence electrons. The van der Waals surface area contributed by atoms with E-state index >= 15 is 0 Å². The first kappa shape index (κ1) is 36.6. The lowest BCUT2D eigenvalue weighted by molar-refractivity contribution is -0.181.